The second-order valence-electron chi connectivity index (χ2n) is 9.01. The number of hydrogen-bond acceptors (Lipinski definition) is 5. The van der Waals surface area contributed by atoms with Crippen LogP contribution in [-0.4, -0.2) is 51.1 Å². The van der Waals surface area contributed by atoms with E-state index in [0.29, 0.717) is 24.5 Å². The molecule has 2 saturated carbocycles. The number of aromatic hydroxyl groups is 1. The van der Waals surface area contributed by atoms with Gasteiger partial charge in [-0.3, -0.25) is 4.90 Å². The van der Waals surface area contributed by atoms with Crippen molar-refractivity contribution in [1.82, 2.24) is 4.90 Å². The number of piperidine rings is 1. The third-order valence-electron chi connectivity index (χ3n) is 7.75. The zero-order chi connectivity index (χ0) is 17.8. The fourth-order valence-corrected chi connectivity index (χ4v) is 6.46. The molecule has 1 spiro atoms. The van der Waals surface area contributed by atoms with E-state index in [-0.39, 0.29) is 17.9 Å². The molecule has 0 aromatic heterocycles. The first-order valence-corrected chi connectivity index (χ1v) is 9.82. The van der Waals surface area contributed by atoms with Crippen LogP contribution in [0, 0.1) is 5.92 Å². The number of phenolic OH excluding ortho intramolecular Hbond substituents is 1. The van der Waals surface area contributed by atoms with Crippen LogP contribution in [0.4, 0.5) is 0 Å². The minimum absolute atomic E-state index is 0.0914. The number of phenols is 1. The Bertz CT molecular complexity index is 834. The lowest BCUT2D eigenvalue weighted by atomic mass is 9.48. The Labute approximate surface area is 152 Å². The molecule has 5 nitrogen and oxygen atoms in total. The minimum Gasteiger partial charge on any atom is -0.504 e. The summed E-state index contributed by atoms with van der Waals surface area (Å²) in [6.07, 6.45) is 3.46. The first kappa shape index (κ1) is 15.5. The van der Waals surface area contributed by atoms with E-state index in [1.165, 1.54) is 12.8 Å². The topological polar surface area (TPSA) is 73.2 Å². The highest BCUT2D eigenvalue weighted by Crippen LogP contribution is 2.68. The van der Waals surface area contributed by atoms with Crippen LogP contribution in [0.3, 0.4) is 0 Å². The Kier molecular flexibility index (Phi) is 2.76. The monoisotopic (exact) mass is 355 g/mol. The van der Waals surface area contributed by atoms with Crippen LogP contribution in [0.2, 0.25) is 0 Å². The largest absolute Gasteiger partial charge is 0.504 e. The van der Waals surface area contributed by atoms with E-state index in [1.807, 2.05) is 6.07 Å². The van der Waals surface area contributed by atoms with Gasteiger partial charge in [-0.2, -0.15) is 0 Å². The molecule has 0 unspecified atom stereocenters. The molecular formula is C21H25NO4. The Morgan fingerprint density at radius 2 is 2.08 bits per heavy atom. The van der Waals surface area contributed by atoms with Crippen molar-refractivity contribution >= 4 is 0 Å². The van der Waals surface area contributed by atoms with Crippen molar-refractivity contribution in [2.45, 2.75) is 61.4 Å². The lowest BCUT2D eigenvalue weighted by Crippen LogP contribution is -2.76. The summed E-state index contributed by atoms with van der Waals surface area (Å²) in [6, 6.07) is 3.11. The van der Waals surface area contributed by atoms with E-state index in [2.05, 4.69) is 11.5 Å². The number of aliphatic hydroxyl groups is 2. The second-order valence-corrected chi connectivity index (χ2v) is 9.01. The molecule has 1 aromatic rings. The molecule has 5 atom stereocenters. The normalized spacial score (nSPS) is 43.2. The Balaban J connectivity index is 1.61. The van der Waals surface area contributed by atoms with Crippen molar-refractivity contribution < 1.29 is 20.1 Å². The summed E-state index contributed by atoms with van der Waals surface area (Å²) >= 11 is 0. The predicted molar refractivity (Wildman–Crippen MR) is 95.2 cm³/mol. The molecule has 5 aliphatic rings. The highest BCUT2D eigenvalue weighted by molar-refractivity contribution is 5.64. The van der Waals surface area contributed by atoms with Crippen LogP contribution in [0.1, 0.15) is 49.3 Å². The lowest BCUT2D eigenvalue weighted by molar-refractivity contribution is -0.204. The van der Waals surface area contributed by atoms with Gasteiger partial charge >= 0.3 is 0 Å². The SMILES string of the molecule is C=C1CC[C@@]2(O)[C@H]3[C@@H](O)c4ccc(O)c5c4[C@@]2(CCN3CC2CC2)[C@H]1O5. The van der Waals surface area contributed by atoms with Gasteiger partial charge in [0.1, 0.15) is 6.10 Å². The van der Waals surface area contributed by atoms with Crippen LogP contribution in [0.15, 0.2) is 24.3 Å². The molecule has 0 radical (unpaired) electrons. The van der Waals surface area contributed by atoms with Crippen molar-refractivity contribution in [1.29, 1.82) is 0 Å². The maximum absolute atomic E-state index is 12.1. The van der Waals surface area contributed by atoms with Gasteiger partial charge in [-0.25, -0.2) is 0 Å². The van der Waals surface area contributed by atoms with Crippen molar-refractivity contribution in [3.05, 3.63) is 35.4 Å². The van der Waals surface area contributed by atoms with Crippen molar-refractivity contribution in [2.75, 3.05) is 13.1 Å². The number of benzene rings is 1. The number of likely N-dealkylation sites (tertiary alicyclic amines) is 1. The average molecular weight is 355 g/mol. The van der Waals surface area contributed by atoms with E-state index >= 15 is 0 Å². The number of hydrogen-bond donors (Lipinski definition) is 3. The summed E-state index contributed by atoms with van der Waals surface area (Å²) in [5, 5.41) is 33.8. The van der Waals surface area contributed by atoms with Crippen LogP contribution < -0.4 is 4.74 Å². The van der Waals surface area contributed by atoms with Crippen LogP contribution in [0.5, 0.6) is 11.5 Å². The molecule has 5 heteroatoms. The number of aliphatic hydroxyl groups excluding tert-OH is 1. The summed E-state index contributed by atoms with van der Waals surface area (Å²) in [6.45, 7) is 6.02. The summed E-state index contributed by atoms with van der Waals surface area (Å²) < 4.78 is 6.22. The number of rotatable bonds is 2. The van der Waals surface area contributed by atoms with Crippen molar-refractivity contribution in [2.24, 2.45) is 5.92 Å². The average Bonchev–Trinajstić information content (AvgIpc) is 3.35. The van der Waals surface area contributed by atoms with Gasteiger partial charge in [0.15, 0.2) is 11.5 Å². The fourth-order valence-electron chi connectivity index (χ4n) is 6.46. The van der Waals surface area contributed by atoms with Gasteiger partial charge in [-0.15, -0.1) is 0 Å². The molecule has 2 bridgehead atoms. The molecule has 3 fully saturated rings. The molecule has 1 saturated heterocycles. The van der Waals surface area contributed by atoms with Gasteiger partial charge in [-0.05, 0) is 61.8 Å². The molecule has 1 aromatic carbocycles. The molecule has 0 amide bonds. The zero-order valence-corrected chi connectivity index (χ0v) is 14.8. The predicted octanol–water partition coefficient (Wildman–Crippen LogP) is 2.00. The quantitative estimate of drug-likeness (QED) is 0.708. The molecule has 2 aliphatic heterocycles. The van der Waals surface area contributed by atoms with Gasteiger partial charge in [-0.1, -0.05) is 12.6 Å². The second kappa shape index (κ2) is 4.64. The van der Waals surface area contributed by atoms with Gasteiger partial charge in [0, 0.05) is 12.1 Å². The Hall–Kier alpha value is -1.56. The highest BCUT2D eigenvalue weighted by atomic mass is 16.5. The first-order chi connectivity index (χ1) is 12.5. The molecule has 6 rings (SSSR count). The van der Waals surface area contributed by atoms with Crippen LogP contribution >= 0.6 is 0 Å². The van der Waals surface area contributed by atoms with E-state index < -0.39 is 17.1 Å². The summed E-state index contributed by atoms with van der Waals surface area (Å²) in [7, 11) is 0. The van der Waals surface area contributed by atoms with E-state index in [1.54, 1.807) is 6.07 Å². The van der Waals surface area contributed by atoms with Gasteiger partial charge < -0.3 is 20.1 Å². The van der Waals surface area contributed by atoms with Crippen molar-refractivity contribution in [3.63, 3.8) is 0 Å². The number of ether oxygens (including phenoxy) is 1. The Morgan fingerprint density at radius 3 is 2.85 bits per heavy atom. The summed E-state index contributed by atoms with van der Waals surface area (Å²) in [5.74, 6) is 1.24. The molecule has 3 aliphatic carbocycles. The lowest BCUT2D eigenvalue weighted by Gasteiger charge is -2.64. The van der Waals surface area contributed by atoms with Gasteiger partial charge in [0.2, 0.25) is 0 Å². The molecule has 138 valence electrons. The van der Waals surface area contributed by atoms with E-state index in [9.17, 15) is 15.3 Å². The standard InChI is InChI=1S/C21H25NO4/c1-11-6-7-21(25)18-16(24)13-4-5-14(23)17-15(13)20(21,19(11)26-17)8-9-22(18)10-12-2-3-12/h4-5,12,16,18-19,23-25H,1-3,6-10H2/t16-,18+,19-,20-,21+/m0/s1. The Morgan fingerprint density at radius 1 is 1.27 bits per heavy atom. The zero-order valence-electron chi connectivity index (χ0n) is 14.8. The maximum atomic E-state index is 12.1. The fraction of sp³-hybridized carbons (Fsp3) is 0.619. The first-order valence-electron chi connectivity index (χ1n) is 9.82. The number of nitrogens with zero attached hydrogens (tertiary/aromatic N) is 1. The molecular weight excluding hydrogens is 330 g/mol. The molecule has 2 heterocycles. The highest BCUT2D eigenvalue weighted by Gasteiger charge is 2.73. The third-order valence-corrected chi connectivity index (χ3v) is 7.75. The van der Waals surface area contributed by atoms with Gasteiger partial charge in [0.25, 0.3) is 0 Å². The van der Waals surface area contributed by atoms with Crippen LogP contribution in [0.25, 0.3) is 0 Å². The maximum Gasteiger partial charge on any atom is 0.166 e. The van der Waals surface area contributed by atoms with E-state index in [0.717, 1.165) is 36.2 Å². The van der Waals surface area contributed by atoms with Gasteiger partial charge in [0.05, 0.1) is 23.2 Å². The third kappa shape index (κ3) is 1.56. The van der Waals surface area contributed by atoms with Crippen LogP contribution in [-0.2, 0) is 5.41 Å². The van der Waals surface area contributed by atoms with Crippen molar-refractivity contribution in [3.8, 4) is 11.5 Å². The smallest absolute Gasteiger partial charge is 0.166 e. The summed E-state index contributed by atoms with van der Waals surface area (Å²) in [5.41, 5.74) is 0.973. The molecule has 26 heavy (non-hydrogen) atoms. The molecule has 3 N–H and O–H groups in total. The van der Waals surface area contributed by atoms with E-state index in [4.69, 9.17) is 4.74 Å². The summed E-state index contributed by atoms with van der Waals surface area (Å²) in [4.78, 5) is 2.33. The minimum atomic E-state index is -1.06.